The second-order valence-corrected chi connectivity index (χ2v) is 6.79. The van der Waals surface area contributed by atoms with Crippen molar-refractivity contribution < 1.29 is 4.57 Å². The largest absolute Gasteiger partial charge is 0.408 e. The molecule has 0 spiro atoms. The summed E-state index contributed by atoms with van der Waals surface area (Å²) < 4.78 is 1.96. The summed E-state index contributed by atoms with van der Waals surface area (Å²) in [6.07, 6.45) is 3.09. The summed E-state index contributed by atoms with van der Waals surface area (Å²) in [6, 6.07) is 18.9. The molecule has 3 rings (SSSR count). The van der Waals surface area contributed by atoms with Crippen LogP contribution in [0.2, 0.25) is 0 Å². The second kappa shape index (κ2) is 8.53. The van der Waals surface area contributed by atoms with E-state index in [1.807, 2.05) is 35.3 Å². The molecule has 0 saturated heterocycles. The van der Waals surface area contributed by atoms with Crippen LogP contribution < -0.4 is 9.47 Å². The van der Waals surface area contributed by atoms with Gasteiger partial charge in [-0.05, 0) is 52.7 Å². The Morgan fingerprint density at radius 1 is 1.00 bits per heavy atom. The van der Waals surface area contributed by atoms with Crippen LogP contribution in [0.3, 0.4) is 0 Å². The highest BCUT2D eigenvalue weighted by Crippen LogP contribution is 2.24. The topological polar surface area (TPSA) is 31.8 Å². The predicted octanol–water partition coefficient (Wildman–Crippen LogP) is 5.40. The van der Waals surface area contributed by atoms with Crippen molar-refractivity contribution in [3.8, 4) is 0 Å². The van der Waals surface area contributed by atoms with Gasteiger partial charge in [-0.1, -0.05) is 37.3 Å². The Kier molecular flexibility index (Phi) is 5.90. The maximum atomic E-state index is 4.34. The zero-order valence-corrected chi connectivity index (χ0v) is 15.5. The lowest BCUT2D eigenvalue weighted by Crippen LogP contribution is -2.23. The number of anilines is 1. The number of rotatable bonds is 7. The van der Waals surface area contributed by atoms with Crippen LogP contribution >= 0.6 is 11.3 Å². The Bertz CT molecular complexity index is 809. The second-order valence-electron chi connectivity index (χ2n) is 5.92. The molecule has 0 amide bonds. The van der Waals surface area contributed by atoms with Crippen LogP contribution in [0.5, 0.6) is 0 Å². The smallest absolute Gasteiger partial charge is 0.367 e. The van der Waals surface area contributed by atoms with Crippen LogP contribution in [-0.4, -0.2) is 6.54 Å². The molecule has 2 aromatic carbocycles. The van der Waals surface area contributed by atoms with E-state index < -0.39 is 0 Å². The van der Waals surface area contributed by atoms with Crippen molar-refractivity contribution >= 4 is 27.8 Å². The molecule has 0 saturated carbocycles. The minimum Gasteiger partial charge on any atom is -0.367 e. The molecular weight excluding hydrogens is 328 g/mol. The summed E-state index contributed by atoms with van der Waals surface area (Å²) in [5.41, 5.74) is 3.41. The maximum Gasteiger partial charge on any atom is 0.408 e. The Morgan fingerprint density at radius 2 is 1.76 bits per heavy atom. The molecule has 25 heavy (non-hydrogen) atoms. The molecule has 0 fully saturated rings. The van der Waals surface area contributed by atoms with Gasteiger partial charge in [0.1, 0.15) is 11.9 Å². The first-order valence-corrected chi connectivity index (χ1v) is 9.38. The number of azo groups is 1. The van der Waals surface area contributed by atoms with Crippen molar-refractivity contribution in [3.05, 3.63) is 71.7 Å². The van der Waals surface area contributed by atoms with Gasteiger partial charge in [0.15, 0.2) is 0 Å². The van der Waals surface area contributed by atoms with Gasteiger partial charge >= 0.3 is 5.13 Å². The average molecular weight is 351 g/mol. The Morgan fingerprint density at radius 3 is 2.40 bits per heavy atom. The van der Waals surface area contributed by atoms with Crippen LogP contribution in [0.4, 0.5) is 16.5 Å². The van der Waals surface area contributed by atoms with E-state index in [1.165, 1.54) is 11.3 Å². The summed E-state index contributed by atoms with van der Waals surface area (Å²) in [5.74, 6) is 0. The number of thiazole rings is 1. The molecule has 4 nitrogen and oxygen atoms in total. The molecule has 0 N–H and O–H groups in total. The van der Waals surface area contributed by atoms with E-state index in [0.717, 1.165) is 30.3 Å². The highest BCUT2D eigenvalue weighted by Gasteiger charge is 2.09. The molecular formula is C20H23N4S+. The van der Waals surface area contributed by atoms with Gasteiger partial charge in [0.05, 0.1) is 12.2 Å². The molecule has 0 aliphatic carbocycles. The fraction of sp³-hybridized carbons (Fsp3) is 0.250. The zero-order valence-electron chi connectivity index (χ0n) is 14.7. The van der Waals surface area contributed by atoms with Crippen molar-refractivity contribution in [2.45, 2.75) is 19.9 Å². The lowest BCUT2D eigenvalue weighted by molar-refractivity contribution is -0.654. The Labute approximate surface area is 153 Å². The fourth-order valence-electron chi connectivity index (χ4n) is 2.63. The number of aryl methyl sites for hydroxylation is 1. The Hall–Kier alpha value is -2.53. The highest BCUT2D eigenvalue weighted by atomic mass is 32.1. The molecule has 0 aliphatic heterocycles. The van der Waals surface area contributed by atoms with Crippen LogP contribution in [0.25, 0.3) is 0 Å². The maximum absolute atomic E-state index is 4.34. The first-order chi connectivity index (χ1) is 12.3. The van der Waals surface area contributed by atoms with E-state index in [2.05, 4.69) is 64.5 Å². The molecule has 0 atom stereocenters. The van der Waals surface area contributed by atoms with E-state index in [-0.39, 0.29) is 0 Å². The first-order valence-electron chi connectivity index (χ1n) is 8.50. The first kappa shape index (κ1) is 17.3. The van der Waals surface area contributed by atoms with Gasteiger partial charge in [0.25, 0.3) is 0 Å². The van der Waals surface area contributed by atoms with Crippen LogP contribution in [0, 0.1) is 0 Å². The van der Waals surface area contributed by atoms with Gasteiger partial charge in [-0.25, -0.2) is 4.57 Å². The quantitative estimate of drug-likeness (QED) is 0.414. The van der Waals surface area contributed by atoms with Gasteiger partial charge < -0.3 is 4.90 Å². The van der Waals surface area contributed by atoms with Crippen molar-refractivity contribution in [3.63, 3.8) is 0 Å². The lowest BCUT2D eigenvalue weighted by Gasteiger charge is -2.24. The summed E-state index contributed by atoms with van der Waals surface area (Å²) >= 11 is 1.58. The summed E-state index contributed by atoms with van der Waals surface area (Å²) in [6.45, 7) is 4.16. The monoisotopic (exact) mass is 351 g/mol. The third kappa shape index (κ3) is 4.73. The molecule has 1 heterocycles. The van der Waals surface area contributed by atoms with Crippen molar-refractivity contribution in [2.24, 2.45) is 17.3 Å². The van der Waals surface area contributed by atoms with Crippen molar-refractivity contribution in [2.75, 3.05) is 11.4 Å². The Balaban J connectivity index is 1.72. The third-order valence-corrected chi connectivity index (χ3v) is 4.77. The van der Waals surface area contributed by atoms with Crippen molar-refractivity contribution in [1.29, 1.82) is 0 Å². The normalized spacial score (nSPS) is 11.1. The van der Waals surface area contributed by atoms with Crippen molar-refractivity contribution in [1.82, 2.24) is 0 Å². The molecule has 3 aromatic rings. The molecule has 0 aliphatic rings. The minimum absolute atomic E-state index is 0.869. The van der Waals surface area contributed by atoms with Gasteiger partial charge in [-0.2, -0.15) is 0 Å². The van der Waals surface area contributed by atoms with Crippen LogP contribution in [0.15, 0.2) is 76.4 Å². The molecule has 0 unspecified atom stereocenters. The van der Waals surface area contributed by atoms with E-state index in [1.54, 1.807) is 11.3 Å². The van der Waals surface area contributed by atoms with E-state index in [0.29, 0.717) is 0 Å². The van der Waals surface area contributed by atoms with Gasteiger partial charge in [0, 0.05) is 24.2 Å². The summed E-state index contributed by atoms with van der Waals surface area (Å²) in [5, 5.41) is 11.5. The number of nitrogens with zero attached hydrogens (tertiary/aromatic N) is 4. The average Bonchev–Trinajstić information content (AvgIpc) is 3.06. The molecule has 0 bridgehead atoms. The van der Waals surface area contributed by atoms with E-state index in [4.69, 9.17) is 0 Å². The number of benzene rings is 2. The van der Waals surface area contributed by atoms with Gasteiger partial charge in [-0.15, -0.1) is 0 Å². The molecule has 1 aromatic heterocycles. The number of hydrogen-bond donors (Lipinski definition) is 0. The minimum atomic E-state index is 0.869. The summed E-state index contributed by atoms with van der Waals surface area (Å²) in [7, 11) is 1.97. The lowest BCUT2D eigenvalue weighted by atomic mass is 10.2. The number of hydrogen-bond acceptors (Lipinski definition) is 4. The third-order valence-electron chi connectivity index (χ3n) is 3.94. The SMILES string of the molecule is CCCN(Cc1ccccc1)c1ccc(N=Nc2scc[n+]2C)cc1. The van der Waals surface area contributed by atoms with Crippen LogP contribution in [0.1, 0.15) is 18.9 Å². The highest BCUT2D eigenvalue weighted by molar-refractivity contribution is 7.12. The molecule has 0 radical (unpaired) electrons. The van der Waals surface area contributed by atoms with E-state index >= 15 is 0 Å². The molecule has 5 heteroatoms. The predicted molar refractivity (Wildman–Crippen MR) is 104 cm³/mol. The zero-order chi connectivity index (χ0) is 17.5. The summed E-state index contributed by atoms with van der Waals surface area (Å²) in [4.78, 5) is 2.40. The standard InChI is InChI=1S/C20H23N4S/c1-3-13-24(16-17-7-5-4-6-8-17)19-11-9-18(10-12-19)21-22-20-23(2)14-15-25-20/h4-12,14-15H,3,13,16H2,1-2H3/q+1. The van der Waals surface area contributed by atoms with Crippen LogP contribution in [-0.2, 0) is 13.6 Å². The fourth-order valence-corrected chi connectivity index (χ4v) is 3.31. The van der Waals surface area contributed by atoms with E-state index in [9.17, 15) is 0 Å². The van der Waals surface area contributed by atoms with Gasteiger partial charge in [0.2, 0.25) is 0 Å². The molecule has 128 valence electrons. The van der Waals surface area contributed by atoms with Gasteiger partial charge in [-0.3, -0.25) is 0 Å². The number of aromatic nitrogens is 1.